The van der Waals surface area contributed by atoms with Crippen molar-refractivity contribution in [1.82, 2.24) is 9.21 Å². The quantitative estimate of drug-likeness (QED) is 0.737. The first kappa shape index (κ1) is 19.7. The number of nitrogens with zero attached hydrogens (tertiary/aromatic N) is 2. The summed E-state index contributed by atoms with van der Waals surface area (Å²) in [5.74, 6) is 1.04. The van der Waals surface area contributed by atoms with Gasteiger partial charge in [0.05, 0.1) is 12.9 Å². The lowest BCUT2D eigenvalue weighted by Gasteiger charge is -2.22. The van der Waals surface area contributed by atoms with Crippen molar-refractivity contribution in [3.05, 3.63) is 29.8 Å². The van der Waals surface area contributed by atoms with E-state index in [0.717, 1.165) is 11.3 Å². The molecule has 140 valence electrons. The predicted octanol–water partition coefficient (Wildman–Crippen LogP) is 1.90. The van der Waals surface area contributed by atoms with Crippen LogP contribution in [0.5, 0.6) is 5.75 Å². The first-order valence-electron chi connectivity index (χ1n) is 8.85. The van der Waals surface area contributed by atoms with Crippen molar-refractivity contribution in [3.63, 3.8) is 0 Å². The normalized spacial score (nSPS) is 16.5. The Morgan fingerprint density at radius 2 is 1.92 bits per heavy atom. The van der Waals surface area contributed by atoms with Gasteiger partial charge in [-0.2, -0.15) is 0 Å². The first-order valence-corrected chi connectivity index (χ1v) is 10.5. The second-order valence-corrected chi connectivity index (χ2v) is 8.35. The molecule has 1 amide bonds. The van der Waals surface area contributed by atoms with Gasteiger partial charge in [0.1, 0.15) is 5.75 Å². The van der Waals surface area contributed by atoms with Gasteiger partial charge in [-0.25, -0.2) is 12.7 Å². The molecule has 0 radical (unpaired) electrons. The van der Waals surface area contributed by atoms with Crippen LogP contribution in [0.4, 0.5) is 0 Å². The molecule has 7 heteroatoms. The largest absolute Gasteiger partial charge is 0.496 e. The second kappa shape index (κ2) is 9.20. The van der Waals surface area contributed by atoms with Crippen LogP contribution >= 0.6 is 0 Å². The predicted molar refractivity (Wildman–Crippen MR) is 98.2 cm³/mol. The zero-order valence-electron chi connectivity index (χ0n) is 15.1. The Balaban J connectivity index is 1.90. The van der Waals surface area contributed by atoms with Gasteiger partial charge in [0, 0.05) is 32.6 Å². The molecule has 0 aliphatic carbocycles. The molecule has 0 N–H and O–H groups in total. The number of carbonyl (C=O) groups excluding carboxylic acids is 1. The van der Waals surface area contributed by atoms with Crippen LogP contribution in [0, 0.1) is 0 Å². The van der Waals surface area contributed by atoms with Crippen LogP contribution in [0.3, 0.4) is 0 Å². The number of para-hydroxylation sites is 1. The number of aryl methyl sites for hydroxylation is 1. The van der Waals surface area contributed by atoms with Crippen molar-refractivity contribution in [2.24, 2.45) is 0 Å². The molecule has 1 aliphatic rings. The molecule has 1 aliphatic heterocycles. The number of hydrogen-bond donors (Lipinski definition) is 0. The maximum Gasteiger partial charge on any atom is 0.222 e. The number of rotatable bonds is 7. The molecule has 0 aromatic heterocycles. The van der Waals surface area contributed by atoms with E-state index in [1.54, 1.807) is 12.0 Å². The topological polar surface area (TPSA) is 66.9 Å². The fraction of sp³-hybridized carbons (Fsp3) is 0.611. The molecule has 25 heavy (non-hydrogen) atoms. The first-order chi connectivity index (χ1) is 12.0. The molecule has 0 bridgehead atoms. The lowest BCUT2D eigenvalue weighted by atomic mass is 10.1. The fourth-order valence-corrected chi connectivity index (χ4v) is 4.66. The molecule has 2 rings (SSSR count). The van der Waals surface area contributed by atoms with Gasteiger partial charge in [-0.15, -0.1) is 0 Å². The van der Waals surface area contributed by atoms with Crippen molar-refractivity contribution in [2.75, 3.05) is 39.0 Å². The van der Waals surface area contributed by atoms with Crippen molar-refractivity contribution < 1.29 is 17.9 Å². The molecule has 1 aromatic rings. The number of hydrogen-bond acceptors (Lipinski definition) is 4. The molecule has 1 saturated heterocycles. The third-order valence-electron chi connectivity index (χ3n) is 4.46. The molecular formula is C18H28N2O4S. The summed E-state index contributed by atoms with van der Waals surface area (Å²) in [4.78, 5) is 14.3. The van der Waals surface area contributed by atoms with Crippen LogP contribution in [0.1, 0.15) is 31.7 Å². The van der Waals surface area contributed by atoms with Crippen LogP contribution in [-0.4, -0.2) is 62.6 Å². The highest BCUT2D eigenvalue weighted by molar-refractivity contribution is 7.89. The van der Waals surface area contributed by atoms with Gasteiger partial charge >= 0.3 is 0 Å². The van der Waals surface area contributed by atoms with E-state index in [9.17, 15) is 13.2 Å². The molecule has 1 fully saturated rings. The Morgan fingerprint density at radius 3 is 2.64 bits per heavy atom. The summed E-state index contributed by atoms with van der Waals surface area (Å²) >= 11 is 0. The molecule has 0 spiro atoms. The van der Waals surface area contributed by atoms with E-state index in [1.807, 2.05) is 31.2 Å². The van der Waals surface area contributed by atoms with E-state index in [0.29, 0.717) is 51.9 Å². The van der Waals surface area contributed by atoms with Crippen LogP contribution in [0.15, 0.2) is 24.3 Å². The summed E-state index contributed by atoms with van der Waals surface area (Å²) in [6.45, 7) is 3.83. The summed E-state index contributed by atoms with van der Waals surface area (Å²) in [6, 6.07) is 7.70. The van der Waals surface area contributed by atoms with Crippen molar-refractivity contribution in [2.45, 2.75) is 32.6 Å². The SMILES string of the molecule is CCCS(=O)(=O)N1CCCN(C(=O)CCc2ccccc2OC)CC1. The third-order valence-corrected chi connectivity index (χ3v) is 6.54. The van der Waals surface area contributed by atoms with E-state index < -0.39 is 10.0 Å². The molecule has 1 heterocycles. The fourth-order valence-electron chi connectivity index (χ4n) is 3.12. The van der Waals surface area contributed by atoms with Crippen LogP contribution < -0.4 is 4.74 Å². The number of sulfonamides is 1. The average molecular weight is 368 g/mol. The van der Waals surface area contributed by atoms with Gasteiger partial charge in [-0.1, -0.05) is 25.1 Å². The summed E-state index contributed by atoms with van der Waals surface area (Å²) in [7, 11) is -1.57. The Labute approximate surface area is 150 Å². The zero-order valence-corrected chi connectivity index (χ0v) is 15.9. The van der Waals surface area contributed by atoms with E-state index in [4.69, 9.17) is 4.74 Å². The highest BCUT2D eigenvalue weighted by Gasteiger charge is 2.26. The van der Waals surface area contributed by atoms with Gasteiger partial charge in [-0.3, -0.25) is 4.79 Å². The molecular weight excluding hydrogens is 340 g/mol. The average Bonchev–Trinajstić information content (AvgIpc) is 2.86. The van der Waals surface area contributed by atoms with E-state index >= 15 is 0 Å². The summed E-state index contributed by atoms with van der Waals surface area (Å²) in [6.07, 6.45) is 2.32. The van der Waals surface area contributed by atoms with E-state index in [1.165, 1.54) is 4.31 Å². The smallest absolute Gasteiger partial charge is 0.222 e. The number of carbonyl (C=O) groups is 1. The number of ether oxygens (including phenoxy) is 1. The highest BCUT2D eigenvalue weighted by Crippen LogP contribution is 2.19. The van der Waals surface area contributed by atoms with Gasteiger partial charge in [-0.05, 0) is 30.9 Å². The van der Waals surface area contributed by atoms with Gasteiger partial charge in [0.15, 0.2) is 0 Å². The summed E-state index contributed by atoms with van der Waals surface area (Å²) in [5, 5.41) is 0. The van der Waals surface area contributed by atoms with Gasteiger partial charge < -0.3 is 9.64 Å². The van der Waals surface area contributed by atoms with Crippen molar-refractivity contribution in [3.8, 4) is 5.75 Å². The maximum atomic E-state index is 12.5. The van der Waals surface area contributed by atoms with E-state index in [-0.39, 0.29) is 11.7 Å². The minimum atomic E-state index is -3.19. The lowest BCUT2D eigenvalue weighted by molar-refractivity contribution is -0.131. The van der Waals surface area contributed by atoms with Crippen LogP contribution in [0.2, 0.25) is 0 Å². The minimum absolute atomic E-state index is 0.0700. The monoisotopic (exact) mass is 368 g/mol. The molecule has 6 nitrogen and oxygen atoms in total. The Bertz CT molecular complexity index is 675. The number of benzene rings is 1. The molecule has 0 saturated carbocycles. The Morgan fingerprint density at radius 1 is 1.16 bits per heavy atom. The molecule has 1 aromatic carbocycles. The Hall–Kier alpha value is -1.60. The number of amides is 1. The van der Waals surface area contributed by atoms with Crippen molar-refractivity contribution >= 4 is 15.9 Å². The second-order valence-electron chi connectivity index (χ2n) is 6.26. The summed E-state index contributed by atoms with van der Waals surface area (Å²) in [5.41, 5.74) is 1.01. The Kier molecular flexibility index (Phi) is 7.25. The van der Waals surface area contributed by atoms with Gasteiger partial charge in [0.25, 0.3) is 0 Å². The zero-order chi connectivity index (χ0) is 18.3. The lowest BCUT2D eigenvalue weighted by Crippen LogP contribution is -2.38. The van der Waals surface area contributed by atoms with Gasteiger partial charge in [0.2, 0.25) is 15.9 Å². The standard InChI is InChI=1S/C18H28N2O4S/c1-3-15-25(22,23)20-12-6-11-19(13-14-20)18(21)10-9-16-7-4-5-8-17(16)24-2/h4-5,7-8H,3,6,9-15H2,1-2H3. The minimum Gasteiger partial charge on any atom is -0.496 e. The number of methoxy groups -OCH3 is 1. The maximum absolute atomic E-state index is 12.5. The van der Waals surface area contributed by atoms with Crippen LogP contribution in [-0.2, 0) is 21.2 Å². The van der Waals surface area contributed by atoms with Crippen molar-refractivity contribution in [1.29, 1.82) is 0 Å². The molecule has 0 atom stereocenters. The van der Waals surface area contributed by atoms with E-state index in [2.05, 4.69) is 0 Å². The molecule has 0 unspecified atom stereocenters. The highest BCUT2D eigenvalue weighted by atomic mass is 32.2. The summed E-state index contributed by atoms with van der Waals surface area (Å²) < 4.78 is 31.3. The van der Waals surface area contributed by atoms with Crippen LogP contribution in [0.25, 0.3) is 0 Å². The third kappa shape index (κ3) is 5.44.